The summed E-state index contributed by atoms with van der Waals surface area (Å²) in [6.45, 7) is 7.85. The molecule has 1 aromatic carbocycles. The lowest BCUT2D eigenvalue weighted by atomic mass is 9.96. The molecule has 1 rings (SSSR count). The minimum Gasteiger partial charge on any atom is -0.354 e. The summed E-state index contributed by atoms with van der Waals surface area (Å²) < 4.78 is 25.2. The molecule has 0 saturated carbocycles. The smallest absolute Gasteiger partial charge is 0.232 e. The second-order valence-electron chi connectivity index (χ2n) is 6.18. The first kappa shape index (κ1) is 17.5. The fraction of sp³-hybridized carbons (Fsp3) is 0.533. The molecule has 6 heteroatoms. The number of amides is 1. The summed E-state index contributed by atoms with van der Waals surface area (Å²) in [6.07, 6.45) is 1.17. The highest BCUT2D eigenvalue weighted by molar-refractivity contribution is 7.92. The standard InChI is InChI=1S/C15H24N2O3S/c1-12-7-6-8-13(11-12)17(21(5,19)20)10-9-16-14(18)15(2,3)4/h6-8,11H,9-10H2,1-5H3,(H,16,18). The molecule has 0 aliphatic heterocycles. The monoisotopic (exact) mass is 312 g/mol. The van der Waals surface area contributed by atoms with Gasteiger partial charge < -0.3 is 5.32 Å². The maximum Gasteiger partial charge on any atom is 0.232 e. The van der Waals surface area contributed by atoms with E-state index in [0.29, 0.717) is 5.69 Å². The maximum atomic E-state index is 11.9. The van der Waals surface area contributed by atoms with Gasteiger partial charge in [0, 0.05) is 12.0 Å². The first-order valence-electron chi connectivity index (χ1n) is 6.84. The molecule has 0 unspecified atom stereocenters. The van der Waals surface area contributed by atoms with Crippen LogP contribution in [0.2, 0.25) is 0 Å². The van der Waals surface area contributed by atoms with E-state index < -0.39 is 15.4 Å². The van der Waals surface area contributed by atoms with Gasteiger partial charge in [-0.2, -0.15) is 0 Å². The summed E-state index contributed by atoms with van der Waals surface area (Å²) in [5.74, 6) is -0.0970. The molecule has 0 heterocycles. The van der Waals surface area contributed by atoms with E-state index in [9.17, 15) is 13.2 Å². The van der Waals surface area contributed by atoms with Crippen molar-refractivity contribution in [3.63, 3.8) is 0 Å². The third-order valence-corrected chi connectivity index (χ3v) is 4.17. The Morgan fingerprint density at radius 3 is 2.38 bits per heavy atom. The number of aryl methyl sites for hydroxylation is 1. The lowest BCUT2D eigenvalue weighted by molar-refractivity contribution is -0.128. The van der Waals surface area contributed by atoms with Crippen LogP contribution in [0.4, 0.5) is 5.69 Å². The Bertz CT molecular complexity index is 604. The van der Waals surface area contributed by atoms with Crippen LogP contribution in [0.1, 0.15) is 26.3 Å². The fourth-order valence-corrected chi connectivity index (χ4v) is 2.73. The van der Waals surface area contributed by atoms with Crippen LogP contribution >= 0.6 is 0 Å². The first-order chi connectivity index (χ1) is 9.51. The van der Waals surface area contributed by atoms with Crippen molar-refractivity contribution in [2.45, 2.75) is 27.7 Å². The molecule has 1 N–H and O–H groups in total. The van der Waals surface area contributed by atoms with Crippen LogP contribution in [0, 0.1) is 12.3 Å². The number of benzene rings is 1. The van der Waals surface area contributed by atoms with E-state index >= 15 is 0 Å². The number of carbonyl (C=O) groups excluding carboxylic acids is 1. The number of anilines is 1. The third kappa shape index (κ3) is 5.38. The molecular formula is C15H24N2O3S. The zero-order valence-electron chi connectivity index (χ0n) is 13.3. The van der Waals surface area contributed by atoms with Crippen LogP contribution in [-0.2, 0) is 14.8 Å². The van der Waals surface area contributed by atoms with Crippen LogP contribution in [0.3, 0.4) is 0 Å². The summed E-state index contributed by atoms with van der Waals surface area (Å²) in [5, 5.41) is 2.76. The molecule has 0 aliphatic rings. The average molecular weight is 312 g/mol. The minimum atomic E-state index is -3.39. The lowest BCUT2D eigenvalue weighted by Gasteiger charge is -2.24. The van der Waals surface area contributed by atoms with Gasteiger partial charge in [0.25, 0.3) is 0 Å². The molecule has 0 fully saturated rings. The normalized spacial score (nSPS) is 12.0. The predicted octanol–water partition coefficient (Wildman–Crippen LogP) is 1.92. The Labute approximate surface area is 127 Å². The number of nitrogens with one attached hydrogen (secondary N) is 1. The van der Waals surface area contributed by atoms with Crippen molar-refractivity contribution >= 4 is 21.6 Å². The largest absolute Gasteiger partial charge is 0.354 e. The molecular weight excluding hydrogens is 288 g/mol. The lowest BCUT2D eigenvalue weighted by Crippen LogP contribution is -2.41. The van der Waals surface area contributed by atoms with Crippen molar-refractivity contribution in [3.8, 4) is 0 Å². The van der Waals surface area contributed by atoms with E-state index in [-0.39, 0.29) is 19.0 Å². The summed E-state index contributed by atoms with van der Waals surface area (Å²) >= 11 is 0. The molecule has 118 valence electrons. The molecule has 1 aromatic rings. The second-order valence-corrected chi connectivity index (χ2v) is 8.09. The molecule has 0 bridgehead atoms. The first-order valence-corrected chi connectivity index (χ1v) is 8.69. The predicted molar refractivity (Wildman–Crippen MR) is 85.8 cm³/mol. The van der Waals surface area contributed by atoms with Gasteiger partial charge in [0.05, 0.1) is 18.5 Å². The Hall–Kier alpha value is -1.56. The molecule has 5 nitrogen and oxygen atoms in total. The van der Waals surface area contributed by atoms with Crippen LogP contribution < -0.4 is 9.62 Å². The number of nitrogens with zero attached hydrogens (tertiary/aromatic N) is 1. The molecule has 0 saturated heterocycles. The number of carbonyl (C=O) groups is 1. The van der Waals surface area contributed by atoms with Crippen LogP contribution in [-0.4, -0.2) is 33.7 Å². The summed E-state index contributed by atoms with van der Waals surface area (Å²) in [5.41, 5.74) is 1.11. The van der Waals surface area contributed by atoms with E-state index in [1.807, 2.05) is 45.9 Å². The topological polar surface area (TPSA) is 66.5 Å². The van der Waals surface area contributed by atoms with Gasteiger partial charge in [-0.3, -0.25) is 9.10 Å². The molecule has 1 amide bonds. The van der Waals surface area contributed by atoms with Crippen LogP contribution in [0.25, 0.3) is 0 Å². The van der Waals surface area contributed by atoms with Crippen LogP contribution in [0.5, 0.6) is 0 Å². The van der Waals surface area contributed by atoms with Gasteiger partial charge in [0.2, 0.25) is 15.9 Å². The van der Waals surface area contributed by atoms with Gasteiger partial charge in [-0.1, -0.05) is 32.9 Å². The molecule has 0 radical (unpaired) electrons. The van der Waals surface area contributed by atoms with Gasteiger partial charge in [0.15, 0.2) is 0 Å². The molecule has 0 aromatic heterocycles. The number of hydrogen-bond donors (Lipinski definition) is 1. The highest BCUT2D eigenvalue weighted by Gasteiger charge is 2.22. The quantitative estimate of drug-likeness (QED) is 0.903. The average Bonchev–Trinajstić information content (AvgIpc) is 2.31. The SMILES string of the molecule is Cc1cccc(N(CCNC(=O)C(C)(C)C)S(C)(=O)=O)c1. The molecule has 0 atom stereocenters. The highest BCUT2D eigenvalue weighted by Crippen LogP contribution is 2.18. The zero-order chi connectivity index (χ0) is 16.3. The van der Waals surface area contributed by atoms with Crippen molar-refractivity contribution < 1.29 is 13.2 Å². The van der Waals surface area contributed by atoms with Gasteiger partial charge >= 0.3 is 0 Å². The Kier molecular flexibility index (Phi) is 5.39. The molecule has 0 spiro atoms. The van der Waals surface area contributed by atoms with Crippen molar-refractivity contribution in [2.75, 3.05) is 23.7 Å². The van der Waals surface area contributed by atoms with Gasteiger partial charge in [0.1, 0.15) is 0 Å². The van der Waals surface area contributed by atoms with E-state index in [0.717, 1.165) is 5.56 Å². The van der Waals surface area contributed by atoms with E-state index in [1.54, 1.807) is 6.07 Å². The van der Waals surface area contributed by atoms with Crippen molar-refractivity contribution in [1.29, 1.82) is 0 Å². The van der Waals surface area contributed by atoms with Crippen molar-refractivity contribution in [1.82, 2.24) is 5.32 Å². The molecule has 0 aliphatic carbocycles. The Morgan fingerprint density at radius 1 is 1.29 bits per heavy atom. The fourth-order valence-electron chi connectivity index (χ4n) is 1.81. The van der Waals surface area contributed by atoms with E-state index in [2.05, 4.69) is 5.32 Å². The Morgan fingerprint density at radius 2 is 1.90 bits per heavy atom. The summed E-state index contributed by atoms with van der Waals surface area (Å²) in [7, 11) is -3.39. The van der Waals surface area contributed by atoms with Crippen LogP contribution in [0.15, 0.2) is 24.3 Å². The van der Waals surface area contributed by atoms with Crippen molar-refractivity contribution in [2.24, 2.45) is 5.41 Å². The van der Waals surface area contributed by atoms with Gasteiger partial charge in [-0.05, 0) is 24.6 Å². The van der Waals surface area contributed by atoms with Gasteiger partial charge in [-0.15, -0.1) is 0 Å². The zero-order valence-corrected chi connectivity index (χ0v) is 14.1. The number of rotatable bonds is 5. The molecule has 21 heavy (non-hydrogen) atoms. The minimum absolute atomic E-state index is 0.0970. The second kappa shape index (κ2) is 6.47. The van der Waals surface area contributed by atoms with E-state index in [4.69, 9.17) is 0 Å². The summed E-state index contributed by atoms with van der Waals surface area (Å²) in [4.78, 5) is 11.8. The Balaban J connectivity index is 2.81. The van der Waals surface area contributed by atoms with E-state index in [1.165, 1.54) is 10.6 Å². The maximum absolute atomic E-state index is 11.9. The third-order valence-electron chi connectivity index (χ3n) is 2.97. The van der Waals surface area contributed by atoms with Crippen molar-refractivity contribution in [3.05, 3.63) is 29.8 Å². The van der Waals surface area contributed by atoms with Gasteiger partial charge in [-0.25, -0.2) is 8.42 Å². The number of hydrogen-bond acceptors (Lipinski definition) is 3. The summed E-state index contributed by atoms with van der Waals surface area (Å²) in [6, 6.07) is 7.29. The number of sulfonamides is 1. The highest BCUT2D eigenvalue weighted by atomic mass is 32.2.